The van der Waals surface area contributed by atoms with Crippen LogP contribution in [0.25, 0.3) is 0 Å². The lowest BCUT2D eigenvalue weighted by Gasteiger charge is -2.03. The normalized spacial score (nSPS) is 10.2. The summed E-state index contributed by atoms with van der Waals surface area (Å²) in [6.45, 7) is 2.01. The number of benzene rings is 1. The average Bonchev–Trinajstić information content (AvgIpc) is 2.10. The number of nitrogens with zero attached hydrogens (tertiary/aromatic N) is 1. The molecule has 0 aliphatic heterocycles. The zero-order chi connectivity index (χ0) is 10.7. The van der Waals surface area contributed by atoms with E-state index in [2.05, 4.69) is 0 Å². The van der Waals surface area contributed by atoms with Gasteiger partial charge in [0.15, 0.2) is 0 Å². The van der Waals surface area contributed by atoms with Gasteiger partial charge in [0.1, 0.15) is 5.02 Å². The first-order valence-corrected chi connectivity index (χ1v) is 4.94. The van der Waals surface area contributed by atoms with Gasteiger partial charge in [-0.05, 0) is 18.1 Å². The molecule has 0 aliphatic rings. The van der Waals surface area contributed by atoms with Crippen molar-refractivity contribution in [3.63, 3.8) is 0 Å². The van der Waals surface area contributed by atoms with Crippen molar-refractivity contribution in [2.75, 3.05) is 0 Å². The summed E-state index contributed by atoms with van der Waals surface area (Å²) in [5.74, 6) is 0. The van der Waals surface area contributed by atoms with Gasteiger partial charge in [0, 0.05) is 6.07 Å². The van der Waals surface area contributed by atoms with Crippen LogP contribution in [0.1, 0.15) is 18.9 Å². The molecule has 0 aromatic heterocycles. The number of hydrogen-bond donors (Lipinski definition) is 0. The number of halogens is 2. The molecule has 0 bridgehead atoms. The zero-order valence-corrected chi connectivity index (χ0v) is 9.10. The molecule has 0 saturated carbocycles. The van der Waals surface area contributed by atoms with E-state index in [1.807, 2.05) is 6.92 Å². The number of rotatable bonds is 3. The highest BCUT2D eigenvalue weighted by Gasteiger charge is 2.15. The Bertz CT molecular complexity index is 366. The summed E-state index contributed by atoms with van der Waals surface area (Å²) in [4.78, 5) is 9.97. The highest BCUT2D eigenvalue weighted by atomic mass is 35.5. The summed E-state index contributed by atoms with van der Waals surface area (Å²) in [7, 11) is 0. The molecule has 5 heteroatoms. The standard InChI is InChI=1S/C9H9Cl2NO2/c1-2-3-6-4-8(11)9(12(13)14)5-7(6)10/h4-5H,2-3H2,1H3. The van der Waals surface area contributed by atoms with Crippen molar-refractivity contribution in [1.29, 1.82) is 0 Å². The Morgan fingerprint density at radius 3 is 2.50 bits per heavy atom. The maximum absolute atomic E-state index is 10.5. The molecule has 0 fully saturated rings. The summed E-state index contributed by atoms with van der Waals surface area (Å²) >= 11 is 11.6. The maximum atomic E-state index is 10.5. The maximum Gasteiger partial charge on any atom is 0.289 e. The predicted octanol–water partition coefficient (Wildman–Crippen LogP) is 3.85. The Kier molecular flexibility index (Phi) is 3.72. The van der Waals surface area contributed by atoms with Crippen LogP contribution in [0.5, 0.6) is 0 Å². The molecule has 0 amide bonds. The van der Waals surface area contributed by atoms with Gasteiger partial charge in [-0.2, -0.15) is 0 Å². The minimum atomic E-state index is -0.538. The van der Waals surface area contributed by atoms with Crippen LogP contribution in [0.2, 0.25) is 10.0 Å². The fourth-order valence-electron chi connectivity index (χ4n) is 1.18. The lowest BCUT2D eigenvalue weighted by Crippen LogP contribution is -1.92. The van der Waals surface area contributed by atoms with E-state index < -0.39 is 4.92 Å². The first-order valence-electron chi connectivity index (χ1n) is 4.18. The first kappa shape index (κ1) is 11.3. The number of nitro benzene ring substituents is 1. The van der Waals surface area contributed by atoms with E-state index in [4.69, 9.17) is 23.2 Å². The van der Waals surface area contributed by atoms with Gasteiger partial charge in [-0.3, -0.25) is 10.1 Å². The van der Waals surface area contributed by atoms with E-state index in [0.717, 1.165) is 18.4 Å². The second kappa shape index (κ2) is 4.62. The van der Waals surface area contributed by atoms with Gasteiger partial charge in [-0.1, -0.05) is 36.5 Å². The Labute approximate surface area is 91.8 Å². The van der Waals surface area contributed by atoms with E-state index in [1.165, 1.54) is 6.07 Å². The van der Waals surface area contributed by atoms with Gasteiger partial charge in [0.2, 0.25) is 0 Å². The van der Waals surface area contributed by atoms with Gasteiger partial charge in [-0.25, -0.2) is 0 Å². The van der Waals surface area contributed by atoms with Crippen molar-refractivity contribution in [2.45, 2.75) is 19.8 Å². The Hall–Kier alpha value is -0.800. The molecular formula is C9H9Cl2NO2. The fourth-order valence-corrected chi connectivity index (χ4v) is 1.69. The quantitative estimate of drug-likeness (QED) is 0.588. The van der Waals surface area contributed by atoms with Crippen LogP contribution in [-0.2, 0) is 6.42 Å². The van der Waals surface area contributed by atoms with Gasteiger partial charge >= 0.3 is 0 Å². The molecular weight excluding hydrogens is 225 g/mol. The molecule has 1 aromatic carbocycles. The molecule has 0 radical (unpaired) electrons. The average molecular weight is 234 g/mol. The molecule has 0 unspecified atom stereocenters. The Balaban J connectivity index is 3.17. The van der Waals surface area contributed by atoms with Crippen LogP contribution < -0.4 is 0 Å². The van der Waals surface area contributed by atoms with Crippen molar-refractivity contribution < 1.29 is 4.92 Å². The Morgan fingerprint density at radius 2 is 2.00 bits per heavy atom. The summed E-state index contributed by atoms with van der Waals surface area (Å²) in [6.07, 6.45) is 1.70. The van der Waals surface area contributed by atoms with E-state index in [9.17, 15) is 10.1 Å². The smallest absolute Gasteiger partial charge is 0.258 e. The van der Waals surface area contributed by atoms with Crippen molar-refractivity contribution in [3.05, 3.63) is 37.9 Å². The number of hydrogen-bond acceptors (Lipinski definition) is 2. The third-order valence-corrected chi connectivity index (χ3v) is 2.49. The monoisotopic (exact) mass is 233 g/mol. The van der Waals surface area contributed by atoms with E-state index >= 15 is 0 Å². The van der Waals surface area contributed by atoms with Crippen LogP contribution in [-0.4, -0.2) is 4.92 Å². The van der Waals surface area contributed by atoms with Crippen LogP contribution >= 0.6 is 23.2 Å². The molecule has 0 aliphatic carbocycles. The SMILES string of the molecule is CCCc1cc(Cl)c([N+](=O)[O-])cc1Cl. The molecule has 0 spiro atoms. The molecule has 0 heterocycles. The van der Waals surface area contributed by atoms with Crippen LogP contribution in [0.3, 0.4) is 0 Å². The van der Waals surface area contributed by atoms with Gasteiger partial charge < -0.3 is 0 Å². The molecule has 1 rings (SSSR count). The van der Waals surface area contributed by atoms with Crippen LogP contribution in [0.15, 0.2) is 12.1 Å². The topological polar surface area (TPSA) is 43.1 Å². The molecule has 76 valence electrons. The van der Waals surface area contributed by atoms with Crippen LogP contribution in [0, 0.1) is 10.1 Å². The van der Waals surface area contributed by atoms with Gasteiger partial charge in [0.05, 0.1) is 9.95 Å². The van der Waals surface area contributed by atoms with E-state index in [1.54, 1.807) is 6.07 Å². The number of nitro groups is 1. The third kappa shape index (κ3) is 2.36. The number of aryl methyl sites for hydroxylation is 1. The fraction of sp³-hybridized carbons (Fsp3) is 0.333. The molecule has 1 aromatic rings. The summed E-state index contributed by atoms with van der Waals surface area (Å²) in [5, 5.41) is 11.1. The highest BCUT2D eigenvalue weighted by Crippen LogP contribution is 2.31. The molecule has 0 N–H and O–H groups in total. The largest absolute Gasteiger partial charge is 0.289 e. The molecule has 14 heavy (non-hydrogen) atoms. The first-order chi connectivity index (χ1) is 6.56. The molecule has 0 saturated heterocycles. The van der Waals surface area contributed by atoms with Crippen molar-refractivity contribution >= 4 is 28.9 Å². The van der Waals surface area contributed by atoms with Crippen LogP contribution in [0.4, 0.5) is 5.69 Å². The van der Waals surface area contributed by atoms with E-state index in [-0.39, 0.29) is 10.7 Å². The van der Waals surface area contributed by atoms with Gasteiger partial charge in [-0.15, -0.1) is 0 Å². The highest BCUT2D eigenvalue weighted by molar-refractivity contribution is 6.35. The second-order valence-electron chi connectivity index (χ2n) is 2.90. The summed E-state index contributed by atoms with van der Waals surface area (Å²) in [6, 6.07) is 2.86. The van der Waals surface area contributed by atoms with Crippen molar-refractivity contribution in [2.24, 2.45) is 0 Å². The minimum Gasteiger partial charge on any atom is -0.258 e. The molecule has 3 nitrogen and oxygen atoms in total. The third-order valence-electron chi connectivity index (χ3n) is 1.83. The van der Waals surface area contributed by atoms with Gasteiger partial charge in [0.25, 0.3) is 5.69 Å². The van der Waals surface area contributed by atoms with Crippen molar-refractivity contribution in [1.82, 2.24) is 0 Å². The summed E-state index contributed by atoms with van der Waals surface area (Å²) < 4.78 is 0. The molecule has 0 atom stereocenters. The Morgan fingerprint density at radius 1 is 1.36 bits per heavy atom. The predicted molar refractivity (Wildman–Crippen MR) is 57.1 cm³/mol. The van der Waals surface area contributed by atoms with Crippen molar-refractivity contribution in [3.8, 4) is 0 Å². The lowest BCUT2D eigenvalue weighted by atomic mass is 10.1. The zero-order valence-electron chi connectivity index (χ0n) is 7.59. The second-order valence-corrected chi connectivity index (χ2v) is 3.72. The minimum absolute atomic E-state index is 0.142. The lowest BCUT2D eigenvalue weighted by molar-refractivity contribution is -0.384. The summed E-state index contributed by atoms with van der Waals surface area (Å²) in [5.41, 5.74) is 0.710. The van der Waals surface area contributed by atoms with E-state index in [0.29, 0.717) is 5.02 Å².